The number of piperidine rings is 1. The molecule has 0 radical (unpaired) electrons. The van der Waals surface area contributed by atoms with Crippen LogP contribution in [0.15, 0.2) is 48.5 Å². The number of nitrogens with one attached hydrogen (secondary N) is 2. The Morgan fingerprint density at radius 3 is 2.96 bits per heavy atom. The number of nitrogens with zero attached hydrogens (tertiary/aromatic N) is 1. The van der Waals surface area contributed by atoms with Crippen molar-refractivity contribution in [3.63, 3.8) is 0 Å². The molecular formula is C22H24FN3O2. The van der Waals surface area contributed by atoms with Crippen LogP contribution < -0.4 is 5.32 Å². The number of H-pyrrole nitrogens is 1. The van der Waals surface area contributed by atoms with Gasteiger partial charge in [-0.1, -0.05) is 12.1 Å². The summed E-state index contributed by atoms with van der Waals surface area (Å²) in [6.07, 6.45) is 2.25. The smallest absolute Gasteiger partial charge is 0.272 e. The van der Waals surface area contributed by atoms with Crippen LogP contribution in [0.2, 0.25) is 0 Å². The van der Waals surface area contributed by atoms with Crippen molar-refractivity contribution in [1.82, 2.24) is 9.88 Å². The van der Waals surface area contributed by atoms with Gasteiger partial charge >= 0.3 is 0 Å². The molecule has 1 fully saturated rings. The molecule has 6 heteroatoms. The number of hydrogen-bond donors (Lipinski definition) is 3. The number of anilines is 1. The van der Waals surface area contributed by atoms with Gasteiger partial charge in [0, 0.05) is 29.7 Å². The molecule has 0 bridgehead atoms. The number of amides is 1. The van der Waals surface area contributed by atoms with Crippen LogP contribution >= 0.6 is 0 Å². The topological polar surface area (TPSA) is 68.4 Å². The van der Waals surface area contributed by atoms with E-state index >= 15 is 0 Å². The maximum absolute atomic E-state index is 13.3. The number of fused-ring (bicyclic) bond motifs is 1. The fourth-order valence-electron chi connectivity index (χ4n) is 3.96. The number of benzene rings is 2. The number of hydrogen-bond acceptors (Lipinski definition) is 3. The standard InChI is InChI=1S/C22H24FN3O2/c23-18-4-1-5-19(13-18)24-22(28)21-12-17-11-15(6-7-20(17)25-21)16-3-2-8-26(14-16)9-10-27/h1,4-7,11-13,16,25,27H,2-3,8-10,14H2,(H,24,28)/t16-/m1/s1. The number of carbonyl (C=O) groups excluding carboxylic acids is 1. The molecule has 1 aliphatic rings. The Bertz CT molecular complexity index is 983. The molecule has 2 aromatic carbocycles. The van der Waals surface area contributed by atoms with Crippen LogP contribution in [0.3, 0.4) is 0 Å². The van der Waals surface area contributed by atoms with Gasteiger partial charge in [-0.25, -0.2) is 4.39 Å². The van der Waals surface area contributed by atoms with Crippen molar-refractivity contribution in [2.75, 3.05) is 31.6 Å². The van der Waals surface area contributed by atoms with Gasteiger partial charge in [-0.2, -0.15) is 0 Å². The number of β-amino-alcohol motifs (C(OH)–C–C–N with tert-alkyl or cyclic N) is 1. The monoisotopic (exact) mass is 381 g/mol. The van der Waals surface area contributed by atoms with E-state index in [-0.39, 0.29) is 18.3 Å². The Morgan fingerprint density at radius 1 is 1.25 bits per heavy atom. The molecule has 146 valence electrons. The first-order chi connectivity index (χ1) is 13.6. The minimum atomic E-state index is -0.387. The molecule has 0 unspecified atom stereocenters. The molecule has 1 atom stereocenters. The van der Waals surface area contributed by atoms with Gasteiger partial charge in [-0.05, 0) is 67.3 Å². The molecule has 0 saturated carbocycles. The highest BCUT2D eigenvalue weighted by Crippen LogP contribution is 2.29. The summed E-state index contributed by atoms with van der Waals surface area (Å²) in [5.74, 6) is -0.249. The van der Waals surface area contributed by atoms with Gasteiger partial charge in [0.1, 0.15) is 11.5 Å². The predicted octanol–water partition coefficient (Wildman–Crippen LogP) is 3.73. The maximum atomic E-state index is 13.3. The molecule has 5 nitrogen and oxygen atoms in total. The van der Waals surface area contributed by atoms with Gasteiger partial charge < -0.3 is 20.3 Å². The summed E-state index contributed by atoms with van der Waals surface area (Å²) in [5.41, 5.74) is 3.03. The normalized spacial score (nSPS) is 17.7. The molecule has 1 saturated heterocycles. The van der Waals surface area contributed by atoms with E-state index in [1.807, 2.05) is 12.1 Å². The molecule has 4 rings (SSSR count). The van der Waals surface area contributed by atoms with Crippen molar-refractivity contribution in [1.29, 1.82) is 0 Å². The summed E-state index contributed by atoms with van der Waals surface area (Å²) in [5, 5.41) is 12.9. The highest BCUT2D eigenvalue weighted by molar-refractivity contribution is 6.06. The van der Waals surface area contributed by atoms with Crippen LogP contribution in [0.4, 0.5) is 10.1 Å². The summed E-state index contributed by atoms with van der Waals surface area (Å²) in [6.45, 7) is 2.89. The molecule has 1 amide bonds. The Balaban J connectivity index is 1.52. The Hall–Kier alpha value is -2.70. The Kier molecular flexibility index (Phi) is 5.41. The third-order valence-corrected chi connectivity index (χ3v) is 5.37. The number of halogens is 1. The summed E-state index contributed by atoms with van der Waals surface area (Å²) in [4.78, 5) is 17.9. The number of aliphatic hydroxyl groups is 1. The average Bonchev–Trinajstić information content (AvgIpc) is 3.12. The second kappa shape index (κ2) is 8.12. The first-order valence-electron chi connectivity index (χ1n) is 9.65. The second-order valence-corrected chi connectivity index (χ2v) is 7.36. The zero-order chi connectivity index (χ0) is 19.5. The maximum Gasteiger partial charge on any atom is 0.272 e. The van der Waals surface area contributed by atoms with Gasteiger partial charge in [0.25, 0.3) is 5.91 Å². The van der Waals surface area contributed by atoms with Crippen LogP contribution in [0.1, 0.15) is 34.8 Å². The molecule has 0 aliphatic carbocycles. The van der Waals surface area contributed by atoms with Crippen LogP contribution in [0, 0.1) is 5.82 Å². The highest BCUT2D eigenvalue weighted by atomic mass is 19.1. The lowest BCUT2D eigenvalue weighted by atomic mass is 9.90. The lowest BCUT2D eigenvalue weighted by Crippen LogP contribution is -2.36. The van der Waals surface area contributed by atoms with Crippen molar-refractivity contribution < 1.29 is 14.3 Å². The molecule has 3 aromatic rings. The second-order valence-electron chi connectivity index (χ2n) is 7.36. The van der Waals surface area contributed by atoms with E-state index in [9.17, 15) is 14.3 Å². The van der Waals surface area contributed by atoms with Gasteiger partial charge in [0.05, 0.1) is 6.61 Å². The number of aliphatic hydroxyl groups excluding tert-OH is 1. The molecule has 28 heavy (non-hydrogen) atoms. The van der Waals surface area contributed by atoms with Crippen LogP contribution in [-0.4, -0.2) is 47.1 Å². The van der Waals surface area contributed by atoms with Crippen LogP contribution in [0.25, 0.3) is 10.9 Å². The molecule has 1 aromatic heterocycles. The zero-order valence-electron chi connectivity index (χ0n) is 15.6. The molecular weight excluding hydrogens is 357 g/mol. The highest BCUT2D eigenvalue weighted by Gasteiger charge is 2.21. The predicted molar refractivity (Wildman–Crippen MR) is 108 cm³/mol. The minimum Gasteiger partial charge on any atom is -0.395 e. The number of rotatable bonds is 5. The SMILES string of the molecule is O=C(Nc1cccc(F)c1)c1cc2cc([C@@H]3CCCN(CCO)C3)ccc2[nH]1. The Labute approximate surface area is 163 Å². The molecule has 0 spiro atoms. The van der Waals surface area contributed by atoms with Crippen LogP contribution in [-0.2, 0) is 0 Å². The number of carbonyl (C=O) groups is 1. The zero-order valence-corrected chi connectivity index (χ0v) is 15.6. The Morgan fingerprint density at radius 2 is 2.14 bits per heavy atom. The lowest BCUT2D eigenvalue weighted by Gasteiger charge is -2.32. The van der Waals surface area contributed by atoms with Gasteiger partial charge in [-0.15, -0.1) is 0 Å². The summed E-state index contributed by atoms with van der Waals surface area (Å²) >= 11 is 0. The van der Waals surface area contributed by atoms with Crippen molar-refractivity contribution in [2.45, 2.75) is 18.8 Å². The van der Waals surface area contributed by atoms with E-state index in [4.69, 9.17) is 0 Å². The quantitative estimate of drug-likeness (QED) is 0.631. The number of aromatic amines is 1. The van der Waals surface area contributed by atoms with Crippen molar-refractivity contribution >= 4 is 22.5 Å². The van der Waals surface area contributed by atoms with Crippen LogP contribution in [0.5, 0.6) is 0 Å². The van der Waals surface area contributed by atoms with Crippen molar-refractivity contribution in [3.05, 3.63) is 65.6 Å². The molecule has 3 N–H and O–H groups in total. The molecule has 2 heterocycles. The van der Waals surface area contributed by atoms with Gasteiger partial charge in [0.2, 0.25) is 0 Å². The van der Waals surface area contributed by atoms with E-state index in [0.29, 0.717) is 23.8 Å². The van der Waals surface area contributed by atoms with E-state index in [1.165, 1.54) is 17.7 Å². The largest absolute Gasteiger partial charge is 0.395 e. The van der Waals surface area contributed by atoms with Crippen molar-refractivity contribution in [2.24, 2.45) is 0 Å². The number of likely N-dealkylation sites (tertiary alicyclic amines) is 1. The first-order valence-corrected chi connectivity index (χ1v) is 9.65. The van der Waals surface area contributed by atoms with E-state index < -0.39 is 0 Å². The lowest BCUT2D eigenvalue weighted by molar-refractivity contribution is 0.102. The third kappa shape index (κ3) is 4.08. The third-order valence-electron chi connectivity index (χ3n) is 5.37. The van der Waals surface area contributed by atoms with Gasteiger partial charge in [-0.3, -0.25) is 4.79 Å². The van der Waals surface area contributed by atoms with E-state index in [0.717, 1.165) is 36.8 Å². The van der Waals surface area contributed by atoms with Gasteiger partial charge in [0.15, 0.2) is 0 Å². The summed E-state index contributed by atoms with van der Waals surface area (Å²) in [7, 11) is 0. The molecule has 1 aliphatic heterocycles. The van der Waals surface area contributed by atoms with E-state index in [2.05, 4.69) is 27.3 Å². The number of aromatic nitrogens is 1. The fourth-order valence-corrected chi connectivity index (χ4v) is 3.96. The average molecular weight is 381 g/mol. The van der Waals surface area contributed by atoms with E-state index in [1.54, 1.807) is 12.1 Å². The fraction of sp³-hybridized carbons (Fsp3) is 0.318. The minimum absolute atomic E-state index is 0.188. The summed E-state index contributed by atoms with van der Waals surface area (Å²) in [6, 6.07) is 13.9. The van der Waals surface area contributed by atoms with Crippen molar-refractivity contribution in [3.8, 4) is 0 Å². The summed E-state index contributed by atoms with van der Waals surface area (Å²) < 4.78 is 13.3. The first kappa shape index (κ1) is 18.7.